The molecule has 1 aromatic carbocycles. The summed E-state index contributed by atoms with van der Waals surface area (Å²) >= 11 is 7.34. The van der Waals surface area contributed by atoms with Crippen LogP contribution < -0.4 is 4.74 Å². The number of piperazine rings is 1. The molecule has 0 bridgehead atoms. The van der Waals surface area contributed by atoms with Crippen molar-refractivity contribution < 1.29 is 14.3 Å². The van der Waals surface area contributed by atoms with E-state index in [0.29, 0.717) is 59.4 Å². The molecule has 2 aliphatic heterocycles. The van der Waals surface area contributed by atoms with E-state index >= 15 is 0 Å². The molecule has 2 saturated heterocycles. The Kier molecular flexibility index (Phi) is 6.26. The van der Waals surface area contributed by atoms with Crippen molar-refractivity contribution in [1.29, 1.82) is 0 Å². The summed E-state index contributed by atoms with van der Waals surface area (Å²) in [6, 6.07) is 10.8. The van der Waals surface area contributed by atoms with Gasteiger partial charge in [-0.05, 0) is 24.3 Å². The summed E-state index contributed by atoms with van der Waals surface area (Å²) in [6.07, 6.45) is 3.20. The molecule has 2 fully saturated rings. The second-order valence-corrected chi connectivity index (χ2v) is 9.30. The fourth-order valence-corrected chi connectivity index (χ4v) is 4.79. The van der Waals surface area contributed by atoms with Crippen molar-refractivity contribution in [3.63, 3.8) is 0 Å². The minimum Gasteiger partial charge on any atom is -0.439 e. The van der Waals surface area contributed by atoms with E-state index in [4.69, 9.17) is 16.3 Å². The zero-order chi connectivity index (χ0) is 22.8. The van der Waals surface area contributed by atoms with E-state index in [1.54, 1.807) is 48.8 Å². The highest BCUT2D eigenvalue weighted by molar-refractivity contribution is 7.11. The van der Waals surface area contributed by atoms with Crippen molar-refractivity contribution in [3.8, 4) is 11.6 Å². The van der Waals surface area contributed by atoms with Gasteiger partial charge in [0.25, 0.3) is 11.8 Å². The molecule has 2 aromatic heterocycles. The van der Waals surface area contributed by atoms with E-state index in [9.17, 15) is 9.59 Å². The molecule has 0 spiro atoms. The Morgan fingerprint density at radius 1 is 1.00 bits per heavy atom. The van der Waals surface area contributed by atoms with Gasteiger partial charge in [-0.25, -0.2) is 9.97 Å². The number of rotatable bonds is 5. The highest BCUT2D eigenvalue weighted by atomic mass is 35.5. The summed E-state index contributed by atoms with van der Waals surface area (Å²) in [5, 5.41) is 2.94. The molecule has 8 nitrogen and oxygen atoms in total. The van der Waals surface area contributed by atoms with Crippen LogP contribution in [0.3, 0.4) is 0 Å². The molecule has 10 heteroatoms. The van der Waals surface area contributed by atoms with Gasteiger partial charge in [-0.2, -0.15) is 0 Å². The molecular formula is C23H22ClN5O3S. The summed E-state index contributed by atoms with van der Waals surface area (Å²) in [7, 11) is 0. The molecular weight excluding hydrogens is 462 g/mol. The first-order chi connectivity index (χ1) is 16.1. The van der Waals surface area contributed by atoms with Crippen LogP contribution in [0, 0.1) is 0 Å². The van der Waals surface area contributed by atoms with Crippen LogP contribution in [0.4, 0.5) is 0 Å². The van der Waals surface area contributed by atoms with E-state index in [1.807, 2.05) is 15.2 Å². The van der Waals surface area contributed by atoms with Crippen molar-refractivity contribution >= 4 is 34.8 Å². The number of amides is 2. The molecule has 5 rings (SSSR count). The average molecular weight is 484 g/mol. The number of carbonyl (C=O) groups excluding carboxylic acids is 2. The Bertz CT molecular complexity index is 1130. The number of aromatic nitrogens is 2. The Labute approximate surface area is 200 Å². The molecule has 0 saturated carbocycles. The normalized spacial score (nSPS) is 17.0. The number of halogens is 1. The van der Waals surface area contributed by atoms with Crippen LogP contribution in [-0.4, -0.2) is 81.8 Å². The van der Waals surface area contributed by atoms with E-state index in [1.165, 1.54) is 11.3 Å². The molecule has 0 unspecified atom stereocenters. The van der Waals surface area contributed by atoms with Gasteiger partial charge in [-0.1, -0.05) is 17.7 Å². The molecule has 4 heterocycles. The number of benzene rings is 1. The van der Waals surface area contributed by atoms with Crippen molar-refractivity contribution in [3.05, 3.63) is 69.8 Å². The number of hydrogen-bond acceptors (Lipinski definition) is 7. The summed E-state index contributed by atoms with van der Waals surface area (Å²) in [5.41, 5.74) is 0.533. The monoisotopic (exact) mass is 483 g/mol. The lowest BCUT2D eigenvalue weighted by molar-refractivity contribution is 0.00851. The predicted molar refractivity (Wildman–Crippen MR) is 125 cm³/mol. The maximum absolute atomic E-state index is 12.8. The zero-order valence-corrected chi connectivity index (χ0v) is 19.3. The van der Waals surface area contributed by atoms with Gasteiger partial charge in [0.05, 0.1) is 5.56 Å². The number of nitrogens with zero attached hydrogens (tertiary/aromatic N) is 5. The van der Waals surface area contributed by atoms with Gasteiger partial charge in [0.1, 0.15) is 5.75 Å². The second-order valence-electron chi connectivity index (χ2n) is 7.97. The molecule has 3 aromatic rings. The molecule has 0 aliphatic carbocycles. The number of likely N-dealkylation sites (tertiary alicyclic amines) is 1. The van der Waals surface area contributed by atoms with E-state index in [2.05, 4.69) is 14.9 Å². The Balaban J connectivity index is 1.10. The van der Waals surface area contributed by atoms with Gasteiger partial charge < -0.3 is 14.5 Å². The third-order valence-electron chi connectivity index (χ3n) is 5.88. The lowest BCUT2D eigenvalue weighted by atomic mass is 10.0. The maximum atomic E-state index is 12.8. The minimum atomic E-state index is -0.0364. The SMILES string of the molecule is O=C(c1ccc(Oc2cccc(Cl)c2)nc1)N1CC(N2CCN(C(=O)c3nccs3)CC2)C1. The van der Waals surface area contributed by atoms with Gasteiger partial charge >= 0.3 is 0 Å². The molecule has 2 amide bonds. The van der Waals surface area contributed by atoms with E-state index < -0.39 is 0 Å². The van der Waals surface area contributed by atoms with Crippen molar-refractivity contribution in [1.82, 2.24) is 24.7 Å². The van der Waals surface area contributed by atoms with Crippen LogP contribution in [0.2, 0.25) is 5.02 Å². The topological polar surface area (TPSA) is 78.9 Å². The quantitative estimate of drug-likeness (QED) is 0.554. The average Bonchev–Trinajstić information content (AvgIpc) is 3.34. The molecule has 33 heavy (non-hydrogen) atoms. The number of pyridine rings is 1. The maximum Gasteiger partial charge on any atom is 0.282 e. The Morgan fingerprint density at radius 2 is 1.82 bits per heavy atom. The van der Waals surface area contributed by atoms with Crippen LogP contribution in [0.15, 0.2) is 54.2 Å². The van der Waals surface area contributed by atoms with Crippen LogP contribution in [-0.2, 0) is 0 Å². The molecule has 2 aliphatic rings. The fraction of sp³-hybridized carbons (Fsp3) is 0.304. The number of ether oxygens (including phenoxy) is 1. The largest absolute Gasteiger partial charge is 0.439 e. The number of hydrogen-bond donors (Lipinski definition) is 0. The zero-order valence-electron chi connectivity index (χ0n) is 17.8. The van der Waals surface area contributed by atoms with Gasteiger partial charge in [-0.3, -0.25) is 14.5 Å². The standard InChI is InChI=1S/C23H22ClN5O3S/c24-17-2-1-3-19(12-17)32-20-5-4-16(13-26-20)22(30)29-14-18(15-29)27-7-9-28(10-8-27)23(31)21-25-6-11-33-21/h1-6,11-13,18H,7-10,14-15H2. The number of carbonyl (C=O) groups is 2. The summed E-state index contributed by atoms with van der Waals surface area (Å²) in [5.74, 6) is 0.963. The third-order valence-corrected chi connectivity index (χ3v) is 6.88. The predicted octanol–water partition coefficient (Wildman–Crippen LogP) is 3.27. The summed E-state index contributed by atoms with van der Waals surface area (Å²) in [4.78, 5) is 39.6. The molecule has 0 radical (unpaired) electrons. The van der Waals surface area contributed by atoms with Crippen molar-refractivity contribution in [2.75, 3.05) is 39.3 Å². The minimum absolute atomic E-state index is 0.00496. The number of thiazole rings is 1. The lowest BCUT2D eigenvalue weighted by Crippen LogP contribution is -2.64. The smallest absolute Gasteiger partial charge is 0.282 e. The third kappa shape index (κ3) is 4.85. The van der Waals surface area contributed by atoms with E-state index in [0.717, 1.165) is 13.1 Å². The van der Waals surface area contributed by atoms with Crippen LogP contribution in [0.1, 0.15) is 20.2 Å². The first-order valence-corrected chi connectivity index (χ1v) is 11.9. The Morgan fingerprint density at radius 3 is 2.48 bits per heavy atom. The molecule has 0 atom stereocenters. The summed E-state index contributed by atoms with van der Waals surface area (Å²) < 4.78 is 5.68. The first-order valence-electron chi connectivity index (χ1n) is 10.7. The van der Waals surface area contributed by atoms with E-state index in [-0.39, 0.29) is 11.8 Å². The van der Waals surface area contributed by atoms with Crippen LogP contribution in [0.25, 0.3) is 0 Å². The molecule has 0 N–H and O–H groups in total. The van der Waals surface area contributed by atoms with Gasteiger partial charge in [0, 0.05) is 74.2 Å². The molecule has 170 valence electrons. The highest BCUT2D eigenvalue weighted by Crippen LogP contribution is 2.24. The summed E-state index contributed by atoms with van der Waals surface area (Å²) in [6.45, 7) is 4.34. The first kappa shape index (κ1) is 21.8. The second kappa shape index (κ2) is 9.46. The lowest BCUT2D eigenvalue weighted by Gasteiger charge is -2.48. The highest BCUT2D eigenvalue weighted by Gasteiger charge is 2.37. The van der Waals surface area contributed by atoms with Crippen molar-refractivity contribution in [2.45, 2.75) is 6.04 Å². The van der Waals surface area contributed by atoms with Crippen molar-refractivity contribution in [2.24, 2.45) is 0 Å². The van der Waals surface area contributed by atoms with Gasteiger partial charge in [0.15, 0.2) is 5.01 Å². The van der Waals surface area contributed by atoms with Gasteiger partial charge in [-0.15, -0.1) is 11.3 Å². The Hall–Kier alpha value is -3.01. The van der Waals surface area contributed by atoms with Crippen LogP contribution >= 0.6 is 22.9 Å². The van der Waals surface area contributed by atoms with Crippen LogP contribution in [0.5, 0.6) is 11.6 Å². The van der Waals surface area contributed by atoms with Gasteiger partial charge in [0.2, 0.25) is 5.88 Å². The fourth-order valence-electron chi connectivity index (χ4n) is 4.01.